The standard InChI is InChI=1S/C19H11N3O/c1-2-4-13-12(3-1)7-10-21-18(13)16-6-5-14-15-11-20-9-8-17(15)23-19(14)22-16/h1-11H. The van der Waals surface area contributed by atoms with E-state index >= 15 is 0 Å². The molecule has 0 saturated heterocycles. The third kappa shape index (κ3) is 1.82. The van der Waals surface area contributed by atoms with Crippen molar-refractivity contribution in [3.8, 4) is 11.4 Å². The van der Waals surface area contributed by atoms with Crippen LogP contribution in [-0.2, 0) is 0 Å². The van der Waals surface area contributed by atoms with Crippen molar-refractivity contribution in [2.75, 3.05) is 0 Å². The Labute approximate surface area is 131 Å². The maximum atomic E-state index is 5.85. The van der Waals surface area contributed by atoms with Crippen molar-refractivity contribution in [2.24, 2.45) is 0 Å². The number of rotatable bonds is 1. The zero-order valence-electron chi connectivity index (χ0n) is 12.1. The highest BCUT2D eigenvalue weighted by Crippen LogP contribution is 2.30. The van der Waals surface area contributed by atoms with Crippen molar-refractivity contribution >= 4 is 32.8 Å². The van der Waals surface area contributed by atoms with E-state index in [1.807, 2.05) is 42.6 Å². The molecule has 0 fully saturated rings. The lowest BCUT2D eigenvalue weighted by molar-refractivity contribution is 0.654. The van der Waals surface area contributed by atoms with Crippen LogP contribution in [-0.4, -0.2) is 15.0 Å². The molecule has 108 valence electrons. The van der Waals surface area contributed by atoms with Crippen LogP contribution < -0.4 is 0 Å². The molecule has 0 aliphatic rings. The first-order chi connectivity index (χ1) is 11.4. The molecule has 0 unspecified atom stereocenters. The van der Waals surface area contributed by atoms with Crippen molar-refractivity contribution in [2.45, 2.75) is 0 Å². The molecule has 23 heavy (non-hydrogen) atoms. The fourth-order valence-corrected chi connectivity index (χ4v) is 2.96. The monoisotopic (exact) mass is 297 g/mol. The molecule has 0 spiro atoms. The van der Waals surface area contributed by atoms with E-state index in [0.717, 1.165) is 38.5 Å². The first-order valence-corrected chi connectivity index (χ1v) is 7.37. The van der Waals surface area contributed by atoms with Gasteiger partial charge in [0, 0.05) is 34.7 Å². The predicted molar refractivity (Wildman–Crippen MR) is 90.0 cm³/mol. The second-order valence-electron chi connectivity index (χ2n) is 5.40. The van der Waals surface area contributed by atoms with Gasteiger partial charge in [0.25, 0.3) is 0 Å². The van der Waals surface area contributed by atoms with E-state index in [1.54, 1.807) is 12.4 Å². The molecule has 4 heteroatoms. The molecule has 0 bridgehead atoms. The van der Waals surface area contributed by atoms with Crippen LogP contribution in [0.4, 0.5) is 0 Å². The van der Waals surface area contributed by atoms with Gasteiger partial charge in [-0.3, -0.25) is 9.97 Å². The number of aromatic nitrogens is 3. The first-order valence-electron chi connectivity index (χ1n) is 7.37. The van der Waals surface area contributed by atoms with Crippen LogP contribution in [0, 0.1) is 0 Å². The van der Waals surface area contributed by atoms with Crippen molar-refractivity contribution in [1.82, 2.24) is 15.0 Å². The highest BCUT2D eigenvalue weighted by Gasteiger charge is 2.12. The van der Waals surface area contributed by atoms with Crippen molar-refractivity contribution in [1.29, 1.82) is 0 Å². The lowest BCUT2D eigenvalue weighted by atomic mass is 10.1. The molecule has 1 aromatic carbocycles. The van der Waals surface area contributed by atoms with Crippen LogP contribution in [0.25, 0.3) is 44.2 Å². The van der Waals surface area contributed by atoms with Crippen molar-refractivity contribution < 1.29 is 4.42 Å². The minimum Gasteiger partial charge on any atom is -0.438 e. The van der Waals surface area contributed by atoms with E-state index in [-0.39, 0.29) is 0 Å². The molecule has 0 aliphatic carbocycles. The maximum Gasteiger partial charge on any atom is 0.227 e. The molecule has 4 aromatic heterocycles. The van der Waals surface area contributed by atoms with Crippen LogP contribution in [0.15, 0.2) is 71.5 Å². The van der Waals surface area contributed by atoms with E-state index < -0.39 is 0 Å². The van der Waals surface area contributed by atoms with Crippen LogP contribution in [0.1, 0.15) is 0 Å². The Balaban J connectivity index is 1.81. The zero-order chi connectivity index (χ0) is 15.2. The van der Waals surface area contributed by atoms with E-state index in [4.69, 9.17) is 4.42 Å². The predicted octanol–water partition coefficient (Wildman–Crippen LogP) is 4.59. The summed E-state index contributed by atoms with van der Waals surface area (Å²) in [5.41, 5.74) is 3.08. The van der Waals surface area contributed by atoms with Gasteiger partial charge in [-0.15, -0.1) is 0 Å². The molecule has 4 heterocycles. The van der Waals surface area contributed by atoms with Crippen LogP contribution in [0.2, 0.25) is 0 Å². The quantitative estimate of drug-likeness (QED) is 0.454. The smallest absolute Gasteiger partial charge is 0.227 e. The number of pyridine rings is 3. The number of furan rings is 1. The Morgan fingerprint density at radius 2 is 1.74 bits per heavy atom. The van der Waals surface area contributed by atoms with E-state index in [2.05, 4.69) is 27.1 Å². The topological polar surface area (TPSA) is 51.8 Å². The fraction of sp³-hybridized carbons (Fsp3) is 0. The summed E-state index contributed by atoms with van der Waals surface area (Å²) >= 11 is 0. The SMILES string of the molecule is c1ccc2c(-c3ccc4c(n3)oc3ccncc34)nccc2c1. The largest absolute Gasteiger partial charge is 0.438 e. The molecule has 0 amide bonds. The lowest BCUT2D eigenvalue weighted by Gasteiger charge is -2.04. The molecule has 5 rings (SSSR count). The van der Waals surface area contributed by atoms with Gasteiger partial charge in [-0.25, -0.2) is 4.98 Å². The number of hydrogen-bond acceptors (Lipinski definition) is 4. The summed E-state index contributed by atoms with van der Waals surface area (Å²) in [4.78, 5) is 13.4. The lowest BCUT2D eigenvalue weighted by Crippen LogP contribution is -1.89. The van der Waals surface area contributed by atoms with Gasteiger partial charge in [0.15, 0.2) is 0 Å². The van der Waals surface area contributed by atoms with Crippen LogP contribution in [0.5, 0.6) is 0 Å². The van der Waals surface area contributed by atoms with Gasteiger partial charge in [0.05, 0.1) is 11.4 Å². The second kappa shape index (κ2) is 4.61. The Morgan fingerprint density at radius 1 is 0.783 bits per heavy atom. The molecule has 4 nitrogen and oxygen atoms in total. The number of fused-ring (bicyclic) bond motifs is 4. The maximum absolute atomic E-state index is 5.85. The summed E-state index contributed by atoms with van der Waals surface area (Å²) in [6.07, 6.45) is 5.34. The second-order valence-corrected chi connectivity index (χ2v) is 5.40. The van der Waals surface area contributed by atoms with Gasteiger partial charge in [-0.2, -0.15) is 0 Å². The summed E-state index contributed by atoms with van der Waals surface area (Å²) < 4.78 is 5.85. The molecular weight excluding hydrogens is 286 g/mol. The molecule has 0 N–H and O–H groups in total. The first kappa shape index (κ1) is 12.3. The van der Waals surface area contributed by atoms with Gasteiger partial charge >= 0.3 is 0 Å². The summed E-state index contributed by atoms with van der Waals surface area (Å²) in [5.74, 6) is 0. The highest BCUT2D eigenvalue weighted by atomic mass is 16.3. The highest BCUT2D eigenvalue weighted by molar-refractivity contribution is 6.04. The number of benzene rings is 1. The minimum atomic E-state index is 0.611. The normalized spacial score (nSPS) is 11.5. The van der Waals surface area contributed by atoms with E-state index in [0.29, 0.717) is 5.71 Å². The average Bonchev–Trinajstić information content (AvgIpc) is 2.99. The Bertz CT molecular complexity index is 1170. The molecular formula is C19H11N3O. The van der Waals surface area contributed by atoms with E-state index in [9.17, 15) is 0 Å². The Kier molecular flexibility index (Phi) is 2.46. The third-order valence-electron chi connectivity index (χ3n) is 4.05. The Morgan fingerprint density at radius 3 is 2.74 bits per heavy atom. The van der Waals surface area contributed by atoms with Crippen LogP contribution in [0.3, 0.4) is 0 Å². The Hall–Kier alpha value is -3.27. The molecule has 0 radical (unpaired) electrons. The number of nitrogens with zero attached hydrogens (tertiary/aromatic N) is 3. The summed E-state index contributed by atoms with van der Waals surface area (Å²) in [7, 11) is 0. The average molecular weight is 297 g/mol. The van der Waals surface area contributed by atoms with Gasteiger partial charge in [-0.1, -0.05) is 24.3 Å². The molecule has 0 saturated carbocycles. The van der Waals surface area contributed by atoms with Gasteiger partial charge in [0.1, 0.15) is 5.58 Å². The molecule has 0 atom stereocenters. The summed E-state index contributed by atoms with van der Waals surface area (Å²) in [6, 6.07) is 16.0. The minimum absolute atomic E-state index is 0.611. The van der Waals surface area contributed by atoms with Crippen molar-refractivity contribution in [3.05, 3.63) is 67.1 Å². The fourth-order valence-electron chi connectivity index (χ4n) is 2.96. The molecule has 0 aliphatic heterocycles. The number of hydrogen-bond donors (Lipinski definition) is 0. The van der Waals surface area contributed by atoms with Crippen LogP contribution >= 0.6 is 0 Å². The van der Waals surface area contributed by atoms with Gasteiger partial charge < -0.3 is 4.42 Å². The third-order valence-corrected chi connectivity index (χ3v) is 4.05. The summed E-state index contributed by atoms with van der Waals surface area (Å²) in [5, 5.41) is 4.18. The van der Waals surface area contributed by atoms with Crippen molar-refractivity contribution in [3.63, 3.8) is 0 Å². The van der Waals surface area contributed by atoms with Gasteiger partial charge in [-0.05, 0) is 29.7 Å². The molecule has 5 aromatic rings. The van der Waals surface area contributed by atoms with Gasteiger partial charge in [0.2, 0.25) is 5.71 Å². The van der Waals surface area contributed by atoms with E-state index in [1.165, 1.54) is 0 Å². The zero-order valence-corrected chi connectivity index (χ0v) is 12.1. The summed E-state index contributed by atoms with van der Waals surface area (Å²) in [6.45, 7) is 0.